The number of para-hydroxylation sites is 1. The Bertz CT molecular complexity index is 1090. The fraction of sp³-hybridized carbons (Fsp3) is 0.318. The Morgan fingerprint density at radius 3 is 2.65 bits per heavy atom. The molecule has 1 aromatic heterocycles. The Hall–Kier alpha value is -2.47. The largest absolute Gasteiger partial charge is 0.495 e. The van der Waals surface area contributed by atoms with E-state index in [4.69, 9.17) is 16.3 Å². The Balaban J connectivity index is 1.63. The molecule has 9 heteroatoms. The smallest absolute Gasteiger partial charge is 0.249 e. The van der Waals surface area contributed by atoms with Crippen molar-refractivity contribution in [3.05, 3.63) is 52.7 Å². The first-order valence-electron chi connectivity index (χ1n) is 10.0. The van der Waals surface area contributed by atoms with Crippen LogP contribution in [0.1, 0.15) is 11.1 Å². The lowest BCUT2D eigenvalue weighted by molar-refractivity contribution is 0.312. The molecule has 0 fully saturated rings. The summed E-state index contributed by atoms with van der Waals surface area (Å²) in [6.07, 6.45) is 1.01. The van der Waals surface area contributed by atoms with E-state index in [9.17, 15) is 0 Å². The molecule has 162 valence electrons. The van der Waals surface area contributed by atoms with Gasteiger partial charge >= 0.3 is 0 Å². The number of fused-ring (bicyclic) bond motifs is 1. The Labute approximate surface area is 188 Å². The van der Waals surface area contributed by atoms with Gasteiger partial charge in [0.2, 0.25) is 5.95 Å². The molecule has 0 saturated carbocycles. The normalized spacial score (nSPS) is 13.7. The van der Waals surface area contributed by atoms with Crippen molar-refractivity contribution in [2.45, 2.75) is 13.0 Å². The molecule has 31 heavy (non-hydrogen) atoms. The number of likely N-dealkylation sites (N-methyl/N-ethyl adjacent to an activating group) is 1. The van der Waals surface area contributed by atoms with Crippen LogP contribution in [0.4, 0.5) is 23.1 Å². The third kappa shape index (κ3) is 4.90. The van der Waals surface area contributed by atoms with Crippen molar-refractivity contribution in [3.8, 4) is 5.75 Å². The molecule has 0 saturated heterocycles. The van der Waals surface area contributed by atoms with Crippen molar-refractivity contribution < 1.29 is 4.74 Å². The van der Waals surface area contributed by atoms with Gasteiger partial charge in [0.25, 0.3) is 0 Å². The summed E-state index contributed by atoms with van der Waals surface area (Å²) in [6, 6.07) is 12.4. The molecule has 0 radical (unpaired) electrons. The van der Waals surface area contributed by atoms with E-state index < -0.39 is 0 Å². The van der Waals surface area contributed by atoms with Crippen molar-refractivity contribution in [1.82, 2.24) is 20.1 Å². The van der Waals surface area contributed by atoms with Gasteiger partial charge in [-0.25, -0.2) is 0 Å². The maximum absolute atomic E-state index is 6.30. The van der Waals surface area contributed by atoms with Gasteiger partial charge in [0.1, 0.15) is 5.75 Å². The predicted octanol–water partition coefficient (Wildman–Crippen LogP) is 4.38. The SMILES string of the molecule is COc1cc2c(cc1Nc1nnc(Cl)c(Nc3ccccc3P(C)C)n1)CN(C)CC2. The van der Waals surface area contributed by atoms with Crippen molar-refractivity contribution >= 4 is 48.0 Å². The van der Waals surface area contributed by atoms with E-state index in [-0.39, 0.29) is 13.1 Å². The predicted molar refractivity (Wildman–Crippen MR) is 129 cm³/mol. The zero-order valence-electron chi connectivity index (χ0n) is 18.1. The van der Waals surface area contributed by atoms with Crippen LogP contribution >= 0.6 is 19.5 Å². The Kier molecular flexibility index (Phi) is 6.56. The zero-order valence-corrected chi connectivity index (χ0v) is 19.8. The van der Waals surface area contributed by atoms with Crippen LogP contribution in [-0.4, -0.2) is 54.1 Å². The number of methoxy groups -OCH3 is 1. The molecule has 0 aliphatic carbocycles. The number of hydrogen-bond acceptors (Lipinski definition) is 7. The monoisotopic (exact) mass is 456 g/mol. The van der Waals surface area contributed by atoms with Gasteiger partial charge in [-0.05, 0) is 61.4 Å². The van der Waals surface area contributed by atoms with Crippen molar-refractivity contribution in [2.24, 2.45) is 0 Å². The van der Waals surface area contributed by atoms with Crippen molar-refractivity contribution in [1.29, 1.82) is 0 Å². The van der Waals surface area contributed by atoms with Crippen LogP contribution < -0.4 is 20.7 Å². The van der Waals surface area contributed by atoms with E-state index in [1.54, 1.807) is 7.11 Å². The summed E-state index contributed by atoms with van der Waals surface area (Å²) in [5, 5.41) is 16.3. The van der Waals surface area contributed by atoms with Gasteiger partial charge in [-0.15, -0.1) is 10.2 Å². The zero-order chi connectivity index (χ0) is 22.0. The van der Waals surface area contributed by atoms with Crippen molar-refractivity contribution in [3.63, 3.8) is 0 Å². The average Bonchev–Trinajstić information content (AvgIpc) is 2.75. The van der Waals surface area contributed by atoms with Crippen LogP contribution in [0.15, 0.2) is 36.4 Å². The molecule has 3 aromatic rings. The van der Waals surface area contributed by atoms with Gasteiger partial charge < -0.3 is 20.3 Å². The maximum atomic E-state index is 6.30. The second kappa shape index (κ2) is 9.35. The third-order valence-electron chi connectivity index (χ3n) is 5.26. The summed E-state index contributed by atoms with van der Waals surface area (Å²) >= 11 is 6.30. The quantitative estimate of drug-likeness (QED) is 0.533. The number of ether oxygens (including phenoxy) is 1. The summed E-state index contributed by atoms with van der Waals surface area (Å²) < 4.78 is 5.61. The summed E-state index contributed by atoms with van der Waals surface area (Å²) in [5.74, 6) is 1.56. The van der Waals surface area contributed by atoms with E-state index in [0.29, 0.717) is 11.8 Å². The van der Waals surface area contributed by atoms with Gasteiger partial charge in [-0.1, -0.05) is 37.7 Å². The first-order valence-corrected chi connectivity index (χ1v) is 12.6. The van der Waals surface area contributed by atoms with E-state index in [0.717, 1.165) is 36.6 Å². The summed E-state index contributed by atoms with van der Waals surface area (Å²) in [5.41, 5.74) is 4.36. The topological polar surface area (TPSA) is 75.2 Å². The molecule has 1 aliphatic heterocycles. The Morgan fingerprint density at radius 1 is 1.06 bits per heavy atom. The minimum atomic E-state index is -0.291. The highest BCUT2D eigenvalue weighted by atomic mass is 35.5. The molecule has 2 aromatic carbocycles. The first-order chi connectivity index (χ1) is 14.9. The molecule has 2 N–H and O–H groups in total. The summed E-state index contributed by atoms with van der Waals surface area (Å²) in [4.78, 5) is 6.88. The van der Waals surface area contributed by atoms with Gasteiger partial charge in [0, 0.05) is 18.8 Å². The van der Waals surface area contributed by atoms with Crippen molar-refractivity contribution in [2.75, 3.05) is 44.7 Å². The number of rotatable bonds is 6. The van der Waals surface area contributed by atoms with Gasteiger partial charge in [-0.3, -0.25) is 0 Å². The summed E-state index contributed by atoms with van der Waals surface area (Å²) in [6.45, 7) is 6.36. The molecular formula is C22H26ClN6OP. The second-order valence-corrected chi connectivity index (χ2v) is 10.4. The first kappa shape index (κ1) is 21.8. The van der Waals surface area contributed by atoms with E-state index in [2.05, 4.69) is 69.3 Å². The highest BCUT2D eigenvalue weighted by molar-refractivity contribution is 7.64. The fourth-order valence-electron chi connectivity index (χ4n) is 3.66. The standard InChI is InChI=1S/C22H26ClN6OP/c1-29-10-9-14-12-18(30-2)17(11-15(14)13-29)25-22-26-21(20(23)27-28-22)24-16-7-5-6-8-19(16)31(3)4/h5-8,11-12H,9-10,13H2,1-4H3,(H2,24,25,26,28). The highest BCUT2D eigenvalue weighted by Gasteiger charge is 2.18. The van der Waals surface area contributed by atoms with Gasteiger partial charge in [0.15, 0.2) is 11.0 Å². The fourth-order valence-corrected chi connectivity index (χ4v) is 4.78. The maximum Gasteiger partial charge on any atom is 0.249 e. The lowest BCUT2D eigenvalue weighted by Gasteiger charge is -2.26. The molecule has 1 aliphatic rings. The molecule has 0 unspecified atom stereocenters. The minimum Gasteiger partial charge on any atom is -0.495 e. The number of aromatic nitrogens is 3. The molecule has 0 amide bonds. The second-order valence-electron chi connectivity index (χ2n) is 7.75. The number of anilines is 4. The van der Waals surface area contributed by atoms with Crippen LogP contribution in [0.5, 0.6) is 5.75 Å². The third-order valence-corrected chi connectivity index (χ3v) is 6.86. The molecule has 7 nitrogen and oxygen atoms in total. The van der Waals surface area contributed by atoms with Gasteiger partial charge in [0.05, 0.1) is 12.8 Å². The number of halogens is 1. The highest BCUT2D eigenvalue weighted by Crippen LogP contribution is 2.34. The van der Waals surface area contributed by atoms with Crippen LogP contribution in [0.25, 0.3) is 0 Å². The molecule has 0 spiro atoms. The number of nitrogens with zero attached hydrogens (tertiary/aromatic N) is 4. The lowest BCUT2D eigenvalue weighted by Crippen LogP contribution is -2.26. The van der Waals surface area contributed by atoms with Gasteiger partial charge in [-0.2, -0.15) is 4.98 Å². The number of nitrogens with one attached hydrogen (secondary N) is 2. The number of hydrogen-bond donors (Lipinski definition) is 2. The lowest BCUT2D eigenvalue weighted by atomic mass is 9.99. The molecule has 2 heterocycles. The van der Waals surface area contributed by atoms with E-state index in [1.807, 2.05) is 18.2 Å². The minimum absolute atomic E-state index is 0.218. The van der Waals surface area contributed by atoms with Crippen LogP contribution in [0.2, 0.25) is 5.15 Å². The van der Waals surface area contributed by atoms with E-state index in [1.165, 1.54) is 16.4 Å². The summed E-state index contributed by atoms with van der Waals surface area (Å²) in [7, 11) is 3.50. The number of benzene rings is 2. The van der Waals surface area contributed by atoms with E-state index >= 15 is 0 Å². The molecule has 0 bridgehead atoms. The van der Waals surface area contributed by atoms with Crippen LogP contribution in [-0.2, 0) is 13.0 Å². The molecular weight excluding hydrogens is 431 g/mol. The van der Waals surface area contributed by atoms with Crippen LogP contribution in [0, 0.1) is 0 Å². The average molecular weight is 457 g/mol. The molecule has 4 rings (SSSR count). The van der Waals surface area contributed by atoms with Crippen LogP contribution in [0.3, 0.4) is 0 Å². The Morgan fingerprint density at radius 2 is 1.87 bits per heavy atom. The molecule has 0 atom stereocenters.